The van der Waals surface area contributed by atoms with Crippen molar-refractivity contribution in [1.82, 2.24) is 5.16 Å². The number of rotatable bonds is 1. The molecule has 1 aromatic heterocycles. The van der Waals surface area contributed by atoms with Crippen LogP contribution in [0.2, 0.25) is 5.02 Å². The van der Waals surface area contributed by atoms with E-state index in [0.29, 0.717) is 35.4 Å². The minimum absolute atomic E-state index is 0.260. The highest BCUT2D eigenvalue weighted by atomic mass is 35.5. The first-order valence-electron chi connectivity index (χ1n) is 5.48. The number of anilines is 1. The summed E-state index contributed by atoms with van der Waals surface area (Å²) in [6, 6.07) is 3.43. The van der Waals surface area contributed by atoms with E-state index >= 15 is 0 Å². The van der Waals surface area contributed by atoms with E-state index in [1.807, 2.05) is 6.92 Å². The molecule has 2 heterocycles. The highest BCUT2D eigenvalue weighted by Crippen LogP contribution is 2.44. The van der Waals surface area contributed by atoms with Crippen molar-refractivity contribution in [2.45, 2.75) is 6.92 Å². The molecule has 0 aliphatic carbocycles. The van der Waals surface area contributed by atoms with Gasteiger partial charge in [0.2, 0.25) is 5.88 Å². The van der Waals surface area contributed by atoms with Crippen molar-refractivity contribution in [3.63, 3.8) is 0 Å². The van der Waals surface area contributed by atoms with Crippen LogP contribution in [0.1, 0.15) is 5.56 Å². The fraction of sp³-hybridized carbons (Fsp3) is 0.250. The Hall–Kier alpha value is -1.88. The maximum Gasteiger partial charge on any atom is 0.222 e. The number of ether oxygens (including phenoxy) is 2. The molecule has 0 amide bonds. The van der Waals surface area contributed by atoms with E-state index in [-0.39, 0.29) is 5.88 Å². The lowest BCUT2D eigenvalue weighted by Crippen LogP contribution is -2.16. The number of nitrogens with zero attached hydrogens (tertiary/aromatic N) is 1. The molecule has 0 bridgehead atoms. The van der Waals surface area contributed by atoms with Gasteiger partial charge in [0.1, 0.15) is 18.9 Å². The molecule has 18 heavy (non-hydrogen) atoms. The third-order valence-corrected chi connectivity index (χ3v) is 3.10. The Kier molecular flexibility index (Phi) is 2.56. The van der Waals surface area contributed by atoms with Gasteiger partial charge in [0.25, 0.3) is 0 Å². The average Bonchev–Trinajstić information content (AvgIpc) is 2.80. The summed E-state index contributed by atoms with van der Waals surface area (Å²) in [4.78, 5) is 0. The van der Waals surface area contributed by atoms with Crippen LogP contribution in [0.5, 0.6) is 11.5 Å². The molecule has 1 aliphatic heterocycles. The second-order valence-electron chi connectivity index (χ2n) is 4.00. The summed E-state index contributed by atoms with van der Waals surface area (Å²) in [5, 5.41) is 4.37. The molecule has 2 N–H and O–H groups in total. The van der Waals surface area contributed by atoms with Crippen LogP contribution in [-0.2, 0) is 0 Å². The number of aromatic nitrogens is 1. The molecule has 0 fully saturated rings. The normalized spacial score (nSPS) is 13.7. The quantitative estimate of drug-likeness (QED) is 0.859. The molecule has 1 aliphatic rings. The molecule has 94 valence electrons. The zero-order chi connectivity index (χ0) is 12.7. The number of hydrogen-bond donors (Lipinski definition) is 1. The summed E-state index contributed by atoms with van der Waals surface area (Å²) in [6.45, 7) is 2.93. The molecule has 0 atom stereocenters. The number of nitrogen functional groups attached to an aromatic ring is 1. The summed E-state index contributed by atoms with van der Waals surface area (Å²) < 4.78 is 16.0. The topological polar surface area (TPSA) is 70.5 Å². The maximum atomic E-state index is 6.18. The summed E-state index contributed by atoms with van der Waals surface area (Å²) >= 11 is 6.18. The van der Waals surface area contributed by atoms with Crippen molar-refractivity contribution in [2.75, 3.05) is 18.9 Å². The number of hydrogen-bond acceptors (Lipinski definition) is 5. The predicted molar refractivity (Wildman–Crippen MR) is 67.1 cm³/mol. The Morgan fingerprint density at radius 2 is 1.94 bits per heavy atom. The van der Waals surface area contributed by atoms with Gasteiger partial charge in [-0.15, -0.1) is 0 Å². The van der Waals surface area contributed by atoms with Crippen molar-refractivity contribution in [3.05, 3.63) is 22.7 Å². The largest absolute Gasteiger partial charge is 0.486 e. The monoisotopic (exact) mass is 266 g/mol. The molecular weight excluding hydrogens is 256 g/mol. The van der Waals surface area contributed by atoms with E-state index in [1.165, 1.54) is 0 Å². The molecule has 0 saturated carbocycles. The predicted octanol–water partition coefficient (Wildman–Crippen LogP) is 2.66. The third kappa shape index (κ3) is 1.67. The van der Waals surface area contributed by atoms with Crippen LogP contribution < -0.4 is 15.2 Å². The van der Waals surface area contributed by atoms with Gasteiger partial charge >= 0.3 is 0 Å². The zero-order valence-corrected chi connectivity index (χ0v) is 10.5. The Labute approximate surface area is 108 Å². The van der Waals surface area contributed by atoms with Crippen LogP contribution in [-0.4, -0.2) is 18.4 Å². The van der Waals surface area contributed by atoms with Gasteiger partial charge in [-0.1, -0.05) is 16.8 Å². The van der Waals surface area contributed by atoms with Crippen LogP contribution in [0.15, 0.2) is 16.7 Å². The smallest absolute Gasteiger partial charge is 0.222 e. The van der Waals surface area contributed by atoms with E-state index in [4.69, 9.17) is 31.3 Å². The molecule has 1 aromatic carbocycles. The van der Waals surface area contributed by atoms with Gasteiger partial charge in [-0.3, -0.25) is 0 Å². The van der Waals surface area contributed by atoms with Gasteiger partial charge < -0.3 is 19.7 Å². The highest BCUT2D eigenvalue weighted by Gasteiger charge is 2.22. The SMILES string of the molecule is Cc1c(-c2cc(N)on2)cc(Cl)c2c1OCCO2. The van der Waals surface area contributed by atoms with E-state index in [2.05, 4.69) is 5.16 Å². The van der Waals surface area contributed by atoms with Crippen molar-refractivity contribution < 1.29 is 14.0 Å². The fourth-order valence-electron chi connectivity index (χ4n) is 1.98. The van der Waals surface area contributed by atoms with Gasteiger partial charge in [-0.25, -0.2) is 0 Å². The Bertz CT molecular complexity index is 610. The van der Waals surface area contributed by atoms with Crippen molar-refractivity contribution in [1.29, 1.82) is 0 Å². The number of fused-ring (bicyclic) bond motifs is 1. The summed E-state index contributed by atoms with van der Waals surface area (Å²) in [7, 11) is 0. The maximum absolute atomic E-state index is 6.18. The van der Waals surface area contributed by atoms with E-state index in [0.717, 1.165) is 11.1 Å². The van der Waals surface area contributed by atoms with Gasteiger partial charge in [-0.05, 0) is 13.0 Å². The van der Waals surface area contributed by atoms with E-state index in [9.17, 15) is 0 Å². The molecule has 0 radical (unpaired) electrons. The van der Waals surface area contributed by atoms with Gasteiger partial charge in [0, 0.05) is 17.2 Å². The molecule has 6 heteroatoms. The second kappa shape index (κ2) is 4.10. The van der Waals surface area contributed by atoms with Gasteiger partial charge in [0.05, 0.1) is 5.02 Å². The van der Waals surface area contributed by atoms with Crippen molar-refractivity contribution >= 4 is 17.5 Å². The molecule has 3 rings (SSSR count). The van der Waals surface area contributed by atoms with Crippen LogP contribution >= 0.6 is 11.6 Å². The van der Waals surface area contributed by atoms with Crippen molar-refractivity contribution in [3.8, 4) is 22.8 Å². The van der Waals surface area contributed by atoms with Crippen molar-refractivity contribution in [2.24, 2.45) is 0 Å². The Morgan fingerprint density at radius 1 is 1.22 bits per heavy atom. The lowest BCUT2D eigenvalue weighted by molar-refractivity contribution is 0.170. The van der Waals surface area contributed by atoms with Crippen LogP contribution in [0.4, 0.5) is 5.88 Å². The molecule has 2 aromatic rings. The van der Waals surface area contributed by atoms with Gasteiger partial charge in [0.15, 0.2) is 11.5 Å². The number of nitrogens with two attached hydrogens (primary N) is 1. The number of halogens is 1. The lowest BCUT2D eigenvalue weighted by atomic mass is 10.0. The first-order chi connectivity index (χ1) is 8.66. The van der Waals surface area contributed by atoms with Crippen LogP contribution in [0.25, 0.3) is 11.3 Å². The average molecular weight is 267 g/mol. The zero-order valence-electron chi connectivity index (χ0n) is 9.70. The highest BCUT2D eigenvalue weighted by molar-refractivity contribution is 6.32. The van der Waals surface area contributed by atoms with Crippen LogP contribution in [0.3, 0.4) is 0 Å². The molecule has 0 unspecified atom stereocenters. The summed E-state index contributed by atoms with van der Waals surface area (Å²) in [6.07, 6.45) is 0. The molecule has 0 saturated heterocycles. The van der Waals surface area contributed by atoms with Gasteiger partial charge in [-0.2, -0.15) is 0 Å². The molecular formula is C12H11ClN2O3. The summed E-state index contributed by atoms with van der Waals surface area (Å²) in [5.41, 5.74) is 7.88. The fourth-order valence-corrected chi connectivity index (χ4v) is 2.23. The Balaban J connectivity index is 2.19. The van der Waals surface area contributed by atoms with E-state index < -0.39 is 0 Å². The van der Waals surface area contributed by atoms with E-state index in [1.54, 1.807) is 12.1 Å². The lowest BCUT2D eigenvalue weighted by Gasteiger charge is -2.22. The first kappa shape index (κ1) is 11.2. The second-order valence-corrected chi connectivity index (χ2v) is 4.41. The Morgan fingerprint density at radius 3 is 2.61 bits per heavy atom. The third-order valence-electron chi connectivity index (χ3n) is 2.82. The molecule has 5 nitrogen and oxygen atoms in total. The molecule has 0 spiro atoms. The van der Waals surface area contributed by atoms with Crippen LogP contribution in [0, 0.1) is 6.92 Å². The first-order valence-corrected chi connectivity index (χ1v) is 5.86. The summed E-state index contributed by atoms with van der Waals surface area (Å²) in [5.74, 6) is 1.50. The minimum atomic E-state index is 0.260. The number of benzene rings is 1. The standard InChI is InChI=1S/C12H11ClN2O3/c1-6-7(9-5-10(14)18-15-9)4-8(13)12-11(6)16-2-3-17-12/h4-5H,2-3,14H2,1H3. The minimum Gasteiger partial charge on any atom is -0.486 e.